The van der Waals surface area contributed by atoms with Crippen LogP contribution in [0.1, 0.15) is 45.6 Å². The predicted molar refractivity (Wildman–Crippen MR) is 102 cm³/mol. The molecule has 1 aliphatic heterocycles. The van der Waals surface area contributed by atoms with E-state index in [1.54, 1.807) is 10.8 Å². The van der Waals surface area contributed by atoms with Crippen LogP contribution in [0.3, 0.4) is 0 Å². The van der Waals surface area contributed by atoms with E-state index in [1.807, 2.05) is 0 Å². The lowest BCUT2D eigenvalue weighted by Crippen LogP contribution is -2.46. The van der Waals surface area contributed by atoms with E-state index in [0.29, 0.717) is 13.0 Å². The number of anilines is 1. The summed E-state index contributed by atoms with van der Waals surface area (Å²) in [5.41, 5.74) is -4.79. The number of nitrogens with zero attached hydrogens (tertiary/aromatic N) is 2. The van der Waals surface area contributed by atoms with Crippen molar-refractivity contribution in [1.82, 2.24) is 4.90 Å². The Morgan fingerprint density at radius 3 is 2.32 bits per heavy atom. The van der Waals surface area contributed by atoms with E-state index in [4.69, 9.17) is 0 Å². The molecule has 0 saturated carbocycles. The van der Waals surface area contributed by atoms with E-state index in [2.05, 4.69) is 31.7 Å². The van der Waals surface area contributed by atoms with Gasteiger partial charge >= 0.3 is 15.5 Å². The molecule has 0 radical (unpaired) electrons. The van der Waals surface area contributed by atoms with Crippen LogP contribution in [0.25, 0.3) is 0 Å². The van der Waals surface area contributed by atoms with Crippen LogP contribution in [0.4, 0.5) is 18.9 Å². The van der Waals surface area contributed by atoms with Crippen molar-refractivity contribution in [2.24, 2.45) is 10.8 Å². The first-order chi connectivity index (χ1) is 12.8. The van der Waals surface area contributed by atoms with E-state index < -0.39 is 15.5 Å². The lowest BCUT2D eigenvalue weighted by Gasteiger charge is -2.49. The number of sulfonamides is 1. The molecule has 0 bridgehead atoms. The Morgan fingerprint density at radius 2 is 1.82 bits per heavy atom. The van der Waals surface area contributed by atoms with E-state index >= 15 is 0 Å². The van der Waals surface area contributed by atoms with Crippen molar-refractivity contribution in [3.05, 3.63) is 29.8 Å². The summed E-state index contributed by atoms with van der Waals surface area (Å²) in [5.74, 6) is 0. The quantitative estimate of drug-likeness (QED) is 0.766. The zero-order valence-electron chi connectivity index (χ0n) is 16.3. The van der Waals surface area contributed by atoms with Crippen molar-refractivity contribution in [3.8, 4) is 6.07 Å². The SMILES string of the molecule is CC(C)(C)C1(CC#N)CCN(Cc2cccc(NS(=O)(=O)C(F)(F)F)c2)CC1. The average molecular weight is 417 g/mol. The molecule has 1 aromatic carbocycles. The molecule has 1 aromatic rings. The molecule has 0 aromatic heterocycles. The summed E-state index contributed by atoms with van der Waals surface area (Å²) in [4.78, 5) is 2.18. The van der Waals surface area contributed by atoms with Gasteiger partial charge in [-0.05, 0) is 54.5 Å². The first kappa shape index (κ1) is 22.5. The predicted octanol–water partition coefficient (Wildman–Crippen LogP) is 4.49. The minimum Gasteiger partial charge on any atom is -0.299 e. The van der Waals surface area contributed by atoms with Gasteiger partial charge in [0.15, 0.2) is 0 Å². The Hall–Kier alpha value is -1.79. The smallest absolute Gasteiger partial charge is 0.299 e. The van der Waals surface area contributed by atoms with Crippen LogP contribution in [0, 0.1) is 22.2 Å². The van der Waals surface area contributed by atoms with Gasteiger partial charge in [0.1, 0.15) is 0 Å². The molecule has 9 heteroatoms. The largest absolute Gasteiger partial charge is 0.516 e. The molecular formula is C19H26F3N3O2S. The highest BCUT2D eigenvalue weighted by Gasteiger charge is 2.46. The van der Waals surface area contributed by atoms with E-state index in [-0.39, 0.29) is 16.5 Å². The molecule has 156 valence electrons. The van der Waals surface area contributed by atoms with Crippen LogP contribution in [0.15, 0.2) is 24.3 Å². The van der Waals surface area contributed by atoms with Crippen LogP contribution in [0.5, 0.6) is 0 Å². The number of hydrogen-bond acceptors (Lipinski definition) is 4. The zero-order chi connectivity index (χ0) is 21.2. The highest BCUT2D eigenvalue weighted by molar-refractivity contribution is 7.93. The summed E-state index contributed by atoms with van der Waals surface area (Å²) in [6.07, 6.45) is 2.23. The highest BCUT2D eigenvalue weighted by atomic mass is 32.2. The molecule has 0 unspecified atom stereocenters. The topological polar surface area (TPSA) is 73.2 Å². The normalized spacial score (nSPS) is 18.5. The summed E-state index contributed by atoms with van der Waals surface area (Å²) in [6.45, 7) is 8.51. The van der Waals surface area contributed by atoms with Crippen LogP contribution in [-0.2, 0) is 16.6 Å². The lowest BCUT2D eigenvalue weighted by molar-refractivity contribution is -0.0429. The number of nitriles is 1. The third-order valence-corrected chi connectivity index (χ3v) is 6.83. The maximum absolute atomic E-state index is 12.5. The van der Waals surface area contributed by atoms with Gasteiger partial charge in [-0.15, -0.1) is 0 Å². The van der Waals surface area contributed by atoms with Crippen LogP contribution in [-0.4, -0.2) is 31.9 Å². The number of piperidine rings is 1. The first-order valence-electron chi connectivity index (χ1n) is 9.07. The van der Waals surface area contributed by atoms with E-state index in [0.717, 1.165) is 31.5 Å². The van der Waals surface area contributed by atoms with E-state index in [1.165, 1.54) is 18.2 Å². The third kappa shape index (κ3) is 4.97. The van der Waals surface area contributed by atoms with Gasteiger partial charge < -0.3 is 0 Å². The van der Waals surface area contributed by atoms with Crippen LogP contribution < -0.4 is 4.72 Å². The van der Waals surface area contributed by atoms with Crippen LogP contribution in [0.2, 0.25) is 0 Å². The average Bonchev–Trinajstić information content (AvgIpc) is 2.55. The molecule has 0 amide bonds. The summed E-state index contributed by atoms with van der Waals surface area (Å²) >= 11 is 0. The van der Waals surface area contributed by atoms with Gasteiger partial charge in [0.25, 0.3) is 0 Å². The fourth-order valence-electron chi connectivity index (χ4n) is 3.69. The molecule has 1 saturated heterocycles. The second-order valence-electron chi connectivity index (χ2n) is 8.39. The monoisotopic (exact) mass is 417 g/mol. The Balaban J connectivity index is 2.06. The minimum absolute atomic E-state index is 0.00457. The number of nitrogens with one attached hydrogen (secondary N) is 1. The van der Waals surface area contributed by atoms with Crippen molar-refractivity contribution >= 4 is 15.7 Å². The lowest BCUT2D eigenvalue weighted by atomic mass is 9.60. The Morgan fingerprint density at radius 1 is 1.21 bits per heavy atom. The maximum Gasteiger partial charge on any atom is 0.516 e. The number of rotatable bonds is 5. The van der Waals surface area contributed by atoms with E-state index in [9.17, 15) is 26.9 Å². The summed E-state index contributed by atoms with van der Waals surface area (Å²) in [5, 5.41) is 9.23. The molecule has 0 atom stereocenters. The molecule has 28 heavy (non-hydrogen) atoms. The highest BCUT2D eigenvalue weighted by Crippen LogP contribution is 2.49. The molecule has 1 aliphatic rings. The molecule has 1 N–H and O–H groups in total. The first-order valence-corrected chi connectivity index (χ1v) is 10.6. The zero-order valence-corrected chi connectivity index (χ0v) is 17.1. The number of hydrogen-bond donors (Lipinski definition) is 1. The standard InChI is InChI=1S/C19H26F3N3O2S/c1-17(2,3)18(7-10-23)8-11-25(12-9-18)14-15-5-4-6-16(13-15)24-28(26,27)19(20,21)22/h4-6,13,24H,7-9,11-12,14H2,1-3H3. The Labute approximate surface area is 164 Å². The Kier molecular flexibility index (Phi) is 6.36. The van der Waals surface area contributed by atoms with Gasteiger partial charge in [-0.2, -0.15) is 26.9 Å². The Bertz CT molecular complexity index is 831. The summed E-state index contributed by atoms with van der Waals surface area (Å²) < 4.78 is 61.8. The second kappa shape index (κ2) is 7.91. The third-order valence-electron chi connectivity index (χ3n) is 5.71. The maximum atomic E-state index is 12.5. The fourth-order valence-corrected chi connectivity index (χ4v) is 4.24. The summed E-state index contributed by atoms with van der Waals surface area (Å²) in [6, 6.07) is 8.31. The molecule has 5 nitrogen and oxygen atoms in total. The van der Waals surface area contributed by atoms with Gasteiger partial charge in [-0.3, -0.25) is 9.62 Å². The molecule has 0 spiro atoms. The number of likely N-dealkylation sites (tertiary alicyclic amines) is 1. The molecular weight excluding hydrogens is 391 g/mol. The van der Waals surface area contributed by atoms with Crippen LogP contribution >= 0.6 is 0 Å². The molecule has 1 fully saturated rings. The van der Waals surface area contributed by atoms with Crippen molar-refractivity contribution in [3.63, 3.8) is 0 Å². The van der Waals surface area contributed by atoms with Crippen molar-refractivity contribution in [2.75, 3.05) is 17.8 Å². The van der Waals surface area contributed by atoms with Crippen molar-refractivity contribution in [2.45, 2.75) is 52.1 Å². The van der Waals surface area contributed by atoms with Gasteiger partial charge in [-0.1, -0.05) is 32.9 Å². The second-order valence-corrected chi connectivity index (χ2v) is 10.1. The number of alkyl halides is 3. The fraction of sp³-hybridized carbons (Fsp3) is 0.632. The number of benzene rings is 1. The molecule has 0 aliphatic carbocycles. The number of halogens is 3. The summed E-state index contributed by atoms with van der Waals surface area (Å²) in [7, 11) is -5.43. The van der Waals surface area contributed by atoms with Gasteiger partial charge in [0.05, 0.1) is 6.07 Å². The van der Waals surface area contributed by atoms with Crippen molar-refractivity contribution in [1.29, 1.82) is 5.26 Å². The van der Waals surface area contributed by atoms with Gasteiger partial charge in [0, 0.05) is 18.7 Å². The molecule has 2 rings (SSSR count). The van der Waals surface area contributed by atoms with Gasteiger partial charge in [-0.25, -0.2) is 0 Å². The molecule has 1 heterocycles. The minimum atomic E-state index is -5.43. The van der Waals surface area contributed by atoms with Gasteiger partial charge in [0.2, 0.25) is 0 Å². The van der Waals surface area contributed by atoms with Crippen molar-refractivity contribution < 1.29 is 21.6 Å².